The molecule has 1 saturated carbocycles. The van der Waals surface area contributed by atoms with Crippen molar-refractivity contribution in [1.82, 2.24) is 5.32 Å². The number of halogens is 1. The second kappa shape index (κ2) is 4.16. The minimum atomic E-state index is 0.236. The van der Waals surface area contributed by atoms with Crippen LogP contribution in [0.1, 0.15) is 32.1 Å². The molecular weight excluding hydrogens is 186 g/mol. The van der Waals surface area contributed by atoms with Crippen LogP contribution in [0, 0.1) is 0 Å². The Hall–Kier alpha value is 0.210. The molecule has 0 aromatic rings. The van der Waals surface area contributed by atoms with Gasteiger partial charge in [0.2, 0.25) is 0 Å². The first-order valence-electron chi connectivity index (χ1n) is 5.26. The lowest BCUT2D eigenvalue weighted by Crippen LogP contribution is -2.50. The molecule has 2 aliphatic rings. The maximum Gasteiger partial charge on any atom is 0.0620 e. The minimum Gasteiger partial charge on any atom is -0.380 e. The van der Waals surface area contributed by atoms with Crippen molar-refractivity contribution in [2.24, 2.45) is 0 Å². The Kier molecular flexibility index (Phi) is 3.12. The molecule has 1 aliphatic heterocycles. The molecule has 13 heavy (non-hydrogen) atoms. The summed E-state index contributed by atoms with van der Waals surface area (Å²) in [5.74, 6) is 0.753. The van der Waals surface area contributed by atoms with E-state index >= 15 is 0 Å². The fraction of sp³-hybridized carbons (Fsp3) is 1.00. The summed E-state index contributed by atoms with van der Waals surface area (Å²) in [7, 11) is 0. The normalized spacial score (nSPS) is 32.5. The molecule has 1 unspecified atom stereocenters. The van der Waals surface area contributed by atoms with Crippen LogP contribution in [0.3, 0.4) is 0 Å². The molecule has 3 heteroatoms. The minimum absolute atomic E-state index is 0.236. The lowest BCUT2D eigenvalue weighted by atomic mass is 9.98. The van der Waals surface area contributed by atoms with E-state index in [0.717, 1.165) is 25.5 Å². The van der Waals surface area contributed by atoms with Crippen LogP contribution < -0.4 is 5.32 Å². The first kappa shape index (κ1) is 9.75. The van der Waals surface area contributed by atoms with E-state index < -0.39 is 0 Å². The summed E-state index contributed by atoms with van der Waals surface area (Å²) in [6.07, 6.45) is 6.29. The average molecular weight is 204 g/mol. The molecule has 0 radical (unpaired) electrons. The van der Waals surface area contributed by atoms with Crippen LogP contribution in [-0.2, 0) is 4.74 Å². The van der Waals surface area contributed by atoms with Crippen molar-refractivity contribution >= 4 is 11.6 Å². The number of hydrogen-bond acceptors (Lipinski definition) is 2. The number of alkyl halides is 1. The van der Waals surface area contributed by atoms with Gasteiger partial charge in [0.05, 0.1) is 6.61 Å². The Morgan fingerprint density at radius 3 is 2.69 bits per heavy atom. The maximum atomic E-state index is 6.04. The smallest absolute Gasteiger partial charge is 0.0620 e. The Bertz CT molecular complexity index is 162. The first-order valence-corrected chi connectivity index (χ1v) is 5.79. The zero-order valence-corrected chi connectivity index (χ0v) is 8.78. The van der Waals surface area contributed by atoms with Gasteiger partial charge < -0.3 is 10.1 Å². The van der Waals surface area contributed by atoms with Crippen molar-refractivity contribution in [3.8, 4) is 0 Å². The van der Waals surface area contributed by atoms with Gasteiger partial charge in [-0.3, -0.25) is 0 Å². The van der Waals surface area contributed by atoms with Gasteiger partial charge in [0.25, 0.3) is 0 Å². The van der Waals surface area contributed by atoms with Gasteiger partial charge in [-0.1, -0.05) is 12.8 Å². The standard InChI is InChI=1S/C10H18ClNO/c11-8-10(4-1-2-5-10)12-9-3-6-13-7-9/h9,12H,1-8H2. The van der Waals surface area contributed by atoms with Crippen LogP contribution in [-0.4, -0.2) is 30.7 Å². The molecule has 1 aliphatic carbocycles. The fourth-order valence-electron chi connectivity index (χ4n) is 2.45. The molecule has 1 saturated heterocycles. The monoisotopic (exact) mass is 203 g/mol. The summed E-state index contributed by atoms with van der Waals surface area (Å²) in [6, 6.07) is 0.553. The van der Waals surface area contributed by atoms with Gasteiger partial charge >= 0.3 is 0 Å². The Morgan fingerprint density at radius 2 is 2.15 bits per heavy atom. The predicted molar refractivity (Wildman–Crippen MR) is 54.3 cm³/mol. The molecule has 0 bridgehead atoms. The quantitative estimate of drug-likeness (QED) is 0.708. The molecule has 2 fully saturated rings. The van der Waals surface area contributed by atoms with Crippen molar-refractivity contribution in [2.75, 3.05) is 19.1 Å². The van der Waals surface area contributed by atoms with E-state index in [1.807, 2.05) is 0 Å². The van der Waals surface area contributed by atoms with Crippen LogP contribution in [0.5, 0.6) is 0 Å². The molecule has 1 atom stereocenters. The highest BCUT2D eigenvalue weighted by molar-refractivity contribution is 6.18. The van der Waals surface area contributed by atoms with Crippen molar-refractivity contribution < 1.29 is 4.74 Å². The van der Waals surface area contributed by atoms with E-state index in [1.165, 1.54) is 25.7 Å². The topological polar surface area (TPSA) is 21.3 Å². The lowest BCUT2D eigenvalue weighted by molar-refractivity contribution is 0.182. The van der Waals surface area contributed by atoms with Crippen LogP contribution in [0.15, 0.2) is 0 Å². The SMILES string of the molecule is ClCC1(NC2CCOC2)CCCC1. The molecule has 2 nitrogen and oxygen atoms in total. The van der Waals surface area contributed by atoms with Gasteiger partial charge in [-0.25, -0.2) is 0 Å². The number of nitrogens with one attached hydrogen (secondary N) is 1. The van der Waals surface area contributed by atoms with Gasteiger partial charge in [-0.05, 0) is 19.3 Å². The summed E-state index contributed by atoms with van der Waals surface area (Å²) < 4.78 is 5.35. The lowest BCUT2D eigenvalue weighted by Gasteiger charge is -2.31. The van der Waals surface area contributed by atoms with Gasteiger partial charge in [-0.2, -0.15) is 0 Å². The zero-order valence-electron chi connectivity index (χ0n) is 8.02. The molecule has 0 spiro atoms. The highest BCUT2D eigenvalue weighted by atomic mass is 35.5. The third kappa shape index (κ3) is 2.17. The van der Waals surface area contributed by atoms with Crippen molar-refractivity contribution in [2.45, 2.75) is 43.7 Å². The Balaban J connectivity index is 1.88. The van der Waals surface area contributed by atoms with Gasteiger partial charge in [0, 0.05) is 24.1 Å². The van der Waals surface area contributed by atoms with Gasteiger partial charge in [0.1, 0.15) is 0 Å². The third-order valence-electron chi connectivity index (χ3n) is 3.26. The van der Waals surface area contributed by atoms with Gasteiger partial charge in [-0.15, -0.1) is 11.6 Å². The molecule has 2 rings (SSSR count). The summed E-state index contributed by atoms with van der Waals surface area (Å²) in [6.45, 7) is 1.79. The molecule has 1 N–H and O–H groups in total. The largest absolute Gasteiger partial charge is 0.380 e. The van der Waals surface area contributed by atoms with Crippen LogP contribution in [0.2, 0.25) is 0 Å². The highest BCUT2D eigenvalue weighted by Gasteiger charge is 2.35. The summed E-state index contributed by atoms with van der Waals surface area (Å²) in [5.41, 5.74) is 0.236. The summed E-state index contributed by atoms with van der Waals surface area (Å²) in [5, 5.41) is 3.68. The fourth-order valence-corrected chi connectivity index (χ4v) is 2.79. The summed E-state index contributed by atoms with van der Waals surface area (Å²) in [4.78, 5) is 0. The Labute approximate surface area is 85.0 Å². The molecule has 76 valence electrons. The van der Waals surface area contributed by atoms with Crippen molar-refractivity contribution in [3.05, 3.63) is 0 Å². The zero-order chi connectivity index (χ0) is 9.15. The van der Waals surface area contributed by atoms with E-state index in [-0.39, 0.29) is 5.54 Å². The maximum absolute atomic E-state index is 6.04. The van der Waals surface area contributed by atoms with Crippen molar-refractivity contribution in [3.63, 3.8) is 0 Å². The van der Waals surface area contributed by atoms with E-state index in [0.29, 0.717) is 6.04 Å². The van der Waals surface area contributed by atoms with E-state index in [1.54, 1.807) is 0 Å². The molecule has 0 amide bonds. The van der Waals surface area contributed by atoms with Crippen LogP contribution >= 0.6 is 11.6 Å². The van der Waals surface area contributed by atoms with E-state index in [4.69, 9.17) is 16.3 Å². The number of rotatable bonds is 3. The van der Waals surface area contributed by atoms with Crippen LogP contribution in [0.4, 0.5) is 0 Å². The number of ether oxygens (including phenoxy) is 1. The van der Waals surface area contributed by atoms with E-state index in [2.05, 4.69) is 5.32 Å². The highest BCUT2D eigenvalue weighted by Crippen LogP contribution is 2.31. The number of hydrogen-bond donors (Lipinski definition) is 1. The second-order valence-electron chi connectivity index (χ2n) is 4.33. The first-order chi connectivity index (χ1) is 6.35. The van der Waals surface area contributed by atoms with E-state index in [9.17, 15) is 0 Å². The molecule has 0 aromatic heterocycles. The average Bonchev–Trinajstić information content (AvgIpc) is 2.77. The van der Waals surface area contributed by atoms with Gasteiger partial charge in [0.15, 0.2) is 0 Å². The van der Waals surface area contributed by atoms with Crippen LogP contribution in [0.25, 0.3) is 0 Å². The Morgan fingerprint density at radius 1 is 1.38 bits per heavy atom. The molecular formula is C10H18ClNO. The summed E-state index contributed by atoms with van der Waals surface area (Å²) >= 11 is 6.04. The predicted octanol–water partition coefficient (Wildman–Crippen LogP) is 1.92. The van der Waals surface area contributed by atoms with Crippen molar-refractivity contribution in [1.29, 1.82) is 0 Å². The third-order valence-corrected chi connectivity index (χ3v) is 3.77. The molecule has 0 aromatic carbocycles. The molecule has 1 heterocycles. The second-order valence-corrected chi connectivity index (χ2v) is 4.59.